The van der Waals surface area contributed by atoms with Crippen molar-refractivity contribution < 1.29 is 9.90 Å². The maximum Gasteiger partial charge on any atom is 0.264 e. The van der Waals surface area contributed by atoms with Gasteiger partial charge in [-0.15, -0.1) is 6.58 Å². The van der Waals surface area contributed by atoms with Crippen LogP contribution in [-0.2, 0) is 4.79 Å². The van der Waals surface area contributed by atoms with Crippen molar-refractivity contribution in [3.63, 3.8) is 0 Å². The first kappa shape index (κ1) is 12.4. The summed E-state index contributed by atoms with van der Waals surface area (Å²) in [6.07, 6.45) is 3.43. The highest BCUT2D eigenvalue weighted by Crippen LogP contribution is 2.26. The fourth-order valence-corrected chi connectivity index (χ4v) is 2.20. The molecular weight excluding hydrogens is 248 g/mol. The number of nitrogens with zero attached hydrogens (tertiary/aromatic N) is 1. The Morgan fingerprint density at radius 1 is 1.39 bits per heavy atom. The number of amidine groups is 1. The average Bonchev–Trinajstić information content (AvgIpc) is 2.70. The van der Waals surface area contributed by atoms with Crippen molar-refractivity contribution in [2.24, 2.45) is 4.99 Å². The largest absolute Gasteiger partial charge is 0.508 e. The number of carbonyl (C=O) groups excluding carboxylic acids is 1. The smallest absolute Gasteiger partial charge is 0.264 e. The van der Waals surface area contributed by atoms with E-state index >= 15 is 0 Å². The fraction of sp³-hybridized carbons (Fsp3) is 0.0769. The highest BCUT2D eigenvalue weighted by Gasteiger charge is 2.23. The van der Waals surface area contributed by atoms with Gasteiger partial charge in [0.1, 0.15) is 5.75 Å². The third kappa shape index (κ3) is 3.01. The van der Waals surface area contributed by atoms with Crippen LogP contribution in [-0.4, -0.2) is 22.7 Å². The van der Waals surface area contributed by atoms with Gasteiger partial charge in [-0.3, -0.25) is 9.79 Å². The molecule has 5 heteroatoms. The van der Waals surface area contributed by atoms with Gasteiger partial charge in [-0.2, -0.15) is 0 Å². The molecule has 0 aromatic heterocycles. The van der Waals surface area contributed by atoms with Crippen molar-refractivity contribution in [2.75, 3.05) is 6.54 Å². The Labute approximate surface area is 109 Å². The molecular formula is C13H12N2O2S. The van der Waals surface area contributed by atoms with Gasteiger partial charge >= 0.3 is 0 Å². The summed E-state index contributed by atoms with van der Waals surface area (Å²) in [6, 6.07) is 6.65. The fourth-order valence-electron chi connectivity index (χ4n) is 1.37. The van der Waals surface area contributed by atoms with E-state index < -0.39 is 0 Å². The zero-order valence-corrected chi connectivity index (χ0v) is 10.4. The van der Waals surface area contributed by atoms with Crippen molar-refractivity contribution >= 4 is 28.9 Å². The van der Waals surface area contributed by atoms with Crippen LogP contribution in [0.2, 0.25) is 0 Å². The molecule has 1 heterocycles. The van der Waals surface area contributed by atoms with Gasteiger partial charge in [0.25, 0.3) is 5.91 Å². The van der Waals surface area contributed by atoms with Crippen molar-refractivity contribution in [3.05, 3.63) is 47.4 Å². The van der Waals surface area contributed by atoms with E-state index in [9.17, 15) is 9.90 Å². The van der Waals surface area contributed by atoms with E-state index in [-0.39, 0.29) is 11.7 Å². The Hall–Kier alpha value is -2.01. The van der Waals surface area contributed by atoms with Crippen LogP contribution in [0.15, 0.2) is 46.8 Å². The van der Waals surface area contributed by atoms with Gasteiger partial charge in [-0.25, -0.2) is 0 Å². The van der Waals surface area contributed by atoms with Crippen LogP contribution in [0.1, 0.15) is 5.56 Å². The number of phenolic OH excluding ortho intramolecular Hbond substituents is 1. The molecule has 0 spiro atoms. The minimum atomic E-state index is -0.157. The molecule has 1 aromatic carbocycles. The van der Waals surface area contributed by atoms with Crippen LogP contribution in [0.25, 0.3) is 6.08 Å². The number of phenols is 1. The number of aromatic hydroxyl groups is 1. The van der Waals surface area contributed by atoms with Crippen LogP contribution < -0.4 is 5.32 Å². The summed E-state index contributed by atoms with van der Waals surface area (Å²) in [4.78, 5) is 16.4. The molecule has 1 amide bonds. The number of rotatable bonds is 3. The zero-order chi connectivity index (χ0) is 13.0. The highest BCUT2D eigenvalue weighted by molar-refractivity contribution is 8.18. The van der Waals surface area contributed by atoms with E-state index in [0.717, 1.165) is 5.56 Å². The summed E-state index contributed by atoms with van der Waals surface area (Å²) < 4.78 is 0. The van der Waals surface area contributed by atoms with Crippen LogP contribution in [0.4, 0.5) is 0 Å². The SMILES string of the molecule is C=CCN=C1NC(=O)/C(=C/c2ccc(O)cc2)S1. The summed E-state index contributed by atoms with van der Waals surface area (Å²) >= 11 is 1.30. The van der Waals surface area contributed by atoms with Gasteiger partial charge in [0.2, 0.25) is 0 Å². The zero-order valence-electron chi connectivity index (χ0n) is 9.59. The summed E-state index contributed by atoms with van der Waals surface area (Å²) in [7, 11) is 0. The third-order valence-electron chi connectivity index (χ3n) is 2.21. The number of hydrogen-bond donors (Lipinski definition) is 2. The Balaban J connectivity index is 2.16. The topological polar surface area (TPSA) is 61.7 Å². The van der Waals surface area contributed by atoms with Gasteiger partial charge < -0.3 is 10.4 Å². The minimum absolute atomic E-state index is 0.157. The Morgan fingerprint density at radius 3 is 2.78 bits per heavy atom. The minimum Gasteiger partial charge on any atom is -0.508 e. The molecule has 0 bridgehead atoms. The third-order valence-corrected chi connectivity index (χ3v) is 3.15. The molecule has 1 aliphatic heterocycles. The lowest BCUT2D eigenvalue weighted by Gasteiger charge is -1.95. The lowest BCUT2D eigenvalue weighted by Crippen LogP contribution is -2.19. The number of amides is 1. The number of thioether (sulfide) groups is 1. The second-order valence-electron chi connectivity index (χ2n) is 3.59. The van der Waals surface area contributed by atoms with Gasteiger partial charge in [0.05, 0.1) is 11.4 Å². The molecule has 1 aromatic rings. The molecule has 1 fully saturated rings. The molecule has 2 rings (SSSR count). The number of benzene rings is 1. The van der Waals surface area contributed by atoms with Crippen molar-refractivity contribution in [2.45, 2.75) is 0 Å². The lowest BCUT2D eigenvalue weighted by atomic mass is 10.2. The second kappa shape index (κ2) is 5.55. The van der Waals surface area contributed by atoms with Gasteiger partial charge in [0, 0.05) is 0 Å². The number of nitrogens with one attached hydrogen (secondary N) is 1. The number of carbonyl (C=O) groups is 1. The summed E-state index contributed by atoms with van der Waals surface area (Å²) in [5, 5.41) is 12.4. The summed E-state index contributed by atoms with van der Waals surface area (Å²) in [6.45, 7) is 4.05. The first-order valence-corrected chi connectivity index (χ1v) is 6.16. The van der Waals surface area contributed by atoms with Crippen molar-refractivity contribution in [3.8, 4) is 5.75 Å². The van der Waals surface area contributed by atoms with E-state index in [4.69, 9.17) is 0 Å². The van der Waals surface area contributed by atoms with E-state index in [1.165, 1.54) is 11.8 Å². The highest BCUT2D eigenvalue weighted by atomic mass is 32.2. The summed E-state index contributed by atoms with van der Waals surface area (Å²) in [5.74, 6) is 0.0461. The van der Waals surface area contributed by atoms with Crippen molar-refractivity contribution in [1.29, 1.82) is 0 Å². The molecule has 0 saturated carbocycles. The Bertz CT molecular complexity index is 532. The molecule has 0 aliphatic carbocycles. The van der Waals surface area contributed by atoms with Gasteiger partial charge in [0.15, 0.2) is 5.17 Å². The normalized spacial score (nSPS) is 19.2. The lowest BCUT2D eigenvalue weighted by molar-refractivity contribution is -0.115. The molecule has 0 radical (unpaired) electrons. The first-order valence-electron chi connectivity index (χ1n) is 5.34. The quantitative estimate of drug-likeness (QED) is 0.646. The van der Waals surface area contributed by atoms with Crippen LogP contribution in [0, 0.1) is 0 Å². The molecule has 18 heavy (non-hydrogen) atoms. The van der Waals surface area contributed by atoms with E-state index in [2.05, 4.69) is 16.9 Å². The van der Waals surface area contributed by atoms with E-state index in [1.54, 1.807) is 36.4 Å². The predicted molar refractivity (Wildman–Crippen MR) is 74.3 cm³/mol. The Morgan fingerprint density at radius 2 is 2.11 bits per heavy atom. The molecule has 4 nitrogen and oxygen atoms in total. The van der Waals surface area contributed by atoms with Crippen LogP contribution in [0.3, 0.4) is 0 Å². The number of aliphatic imine (C=N–C) groups is 1. The monoisotopic (exact) mass is 260 g/mol. The van der Waals surface area contributed by atoms with E-state index in [0.29, 0.717) is 16.6 Å². The number of hydrogen-bond acceptors (Lipinski definition) is 4. The van der Waals surface area contributed by atoms with E-state index in [1.807, 2.05) is 0 Å². The van der Waals surface area contributed by atoms with Crippen LogP contribution in [0.5, 0.6) is 5.75 Å². The van der Waals surface area contributed by atoms with Gasteiger partial charge in [-0.1, -0.05) is 18.2 Å². The second-order valence-corrected chi connectivity index (χ2v) is 4.62. The predicted octanol–water partition coefficient (Wildman–Crippen LogP) is 2.14. The molecule has 2 N–H and O–H groups in total. The Kier molecular flexibility index (Phi) is 3.84. The van der Waals surface area contributed by atoms with Crippen molar-refractivity contribution in [1.82, 2.24) is 5.32 Å². The van der Waals surface area contributed by atoms with Crippen LogP contribution >= 0.6 is 11.8 Å². The molecule has 92 valence electrons. The maximum absolute atomic E-state index is 11.7. The summed E-state index contributed by atoms with van der Waals surface area (Å²) in [5.41, 5.74) is 0.857. The average molecular weight is 260 g/mol. The van der Waals surface area contributed by atoms with Gasteiger partial charge in [-0.05, 0) is 35.5 Å². The molecule has 0 unspecified atom stereocenters. The standard InChI is InChI=1S/C13H12N2O2S/c1-2-7-14-13-15-12(17)11(18-13)8-9-3-5-10(16)6-4-9/h2-6,8,16H,1,7H2,(H,14,15,17)/b11-8-. The molecule has 1 saturated heterocycles. The molecule has 1 aliphatic rings. The first-order chi connectivity index (χ1) is 8.69. The molecule has 0 atom stereocenters. The maximum atomic E-state index is 11.7.